The zero-order chi connectivity index (χ0) is 12.5. The first-order valence-electron chi connectivity index (χ1n) is 5.35. The first-order chi connectivity index (χ1) is 8.03. The second-order valence-electron chi connectivity index (χ2n) is 4.09. The van der Waals surface area contributed by atoms with E-state index in [1.54, 1.807) is 12.1 Å². The Bertz CT molecular complexity index is 458. The summed E-state index contributed by atoms with van der Waals surface area (Å²) in [5.74, 6) is -2.56. The number of alkyl halides is 2. The van der Waals surface area contributed by atoms with Gasteiger partial charge in [0, 0.05) is 30.4 Å². The first-order valence-corrected chi connectivity index (χ1v) is 6.14. The lowest BCUT2D eigenvalue weighted by Gasteiger charge is -2.34. The van der Waals surface area contributed by atoms with Gasteiger partial charge in [0.05, 0.1) is 11.3 Å². The van der Waals surface area contributed by atoms with Gasteiger partial charge in [-0.25, -0.2) is 8.78 Å². The molecule has 1 fully saturated rings. The number of hydrogen-bond acceptors (Lipinski definition) is 2. The Balaban J connectivity index is 2.27. The second-order valence-corrected chi connectivity index (χ2v) is 4.95. The van der Waals surface area contributed by atoms with Crippen LogP contribution in [0.5, 0.6) is 0 Å². The highest BCUT2D eigenvalue weighted by Gasteiger charge is 2.34. The van der Waals surface area contributed by atoms with Gasteiger partial charge in [-0.05, 0) is 28.1 Å². The number of nitriles is 1. The summed E-state index contributed by atoms with van der Waals surface area (Å²) in [5.41, 5.74) is 1.25. The van der Waals surface area contributed by atoms with Crippen molar-refractivity contribution in [3.8, 4) is 6.07 Å². The number of rotatable bonds is 1. The van der Waals surface area contributed by atoms with Gasteiger partial charge < -0.3 is 4.90 Å². The monoisotopic (exact) mass is 300 g/mol. The first kappa shape index (κ1) is 12.3. The fraction of sp³-hybridized carbons (Fsp3) is 0.417. The SMILES string of the molecule is N#Cc1cccc(Br)c1N1CCC(F)(F)CC1. The Hall–Kier alpha value is -1.15. The Morgan fingerprint density at radius 2 is 1.94 bits per heavy atom. The summed E-state index contributed by atoms with van der Waals surface area (Å²) in [6, 6.07) is 7.39. The summed E-state index contributed by atoms with van der Waals surface area (Å²) in [6.45, 7) is 0.564. The summed E-state index contributed by atoms with van der Waals surface area (Å²) in [4.78, 5) is 1.85. The van der Waals surface area contributed by atoms with Crippen molar-refractivity contribution in [2.24, 2.45) is 0 Å². The van der Waals surface area contributed by atoms with Crippen molar-refractivity contribution in [2.45, 2.75) is 18.8 Å². The fourth-order valence-corrected chi connectivity index (χ4v) is 2.60. The van der Waals surface area contributed by atoms with Gasteiger partial charge in [-0.1, -0.05) is 6.07 Å². The van der Waals surface area contributed by atoms with Gasteiger partial charge in [0.1, 0.15) is 6.07 Å². The lowest BCUT2D eigenvalue weighted by Crippen LogP contribution is -2.39. The van der Waals surface area contributed by atoms with Gasteiger partial charge in [0.15, 0.2) is 0 Å². The Morgan fingerprint density at radius 1 is 1.29 bits per heavy atom. The maximum absolute atomic E-state index is 13.1. The topological polar surface area (TPSA) is 27.0 Å². The molecule has 0 atom stereocenters. The molecule has 0 unspecified atom stereocenters. The van der Waals surface area contributed by atoms with E-state index >= 15 is 0 Å². The van der Waals surface area contributed by atoms with Crippen molar-refractivity contribution in [2.75, 3.05) is 18.0 Å². The number of nitrogens with zero attached hydrogens (tertiary/aromatic N) is 2. The summed E-state index contributed by atoms with van der Waals surface area (Å²) in [6.07, 6.45) is -0.307. The Morgan fingerprint density at radius 3 is 2.53 bits per heavy atom. The van der Waals surface area contributed by atoms with E-state index in [1.165, 1.54) is 0 Å². The van der Waals surface area contributed by atoms with E-state index in [1.807, 2.05) is 11.0 Å². The molecular weight excluding hydrogens is 290 g/mol. The number of hydrogen-bond donors (Lipinski definition) is 0. The maximum Gasteiger partial charge on any atom is 0.251 e. The van der Waals surface area contributed by atoms with E-state index in [4.69, 9.17) is 5.26 Å². The summed E-state index contributed by atoms with van der Waals surface area (Å²) in [7, 11) is 0. The highest BCUT2D eigenvalue weighted by Crippen LogP contribution is 2.35. The predicted molar refractivity (Wildman–Crippen MR) is 65.3 cm³/mol. The minimum Gasteiger partial charge on any atom is -0.369 e. The normalized spacial score (nSPS) is 18.8. The predicted octanol–water partition coefficient (Wildman–Crippen LogP) is 3.56. The Kier molecular flexibility index (Phi) is 3.34. The molecule has 17 heavy (non-hydrogen) atoms. The zero-order valence-electron chi connectivity index (χ0n) is 9.09. The van der Waals surface area contributed by atoms with Crippen molar-refractivity contribution >= 4 is 21.6 Å². The molecular formula is C12H11BrF2N2. The number of piperidine rings is 1. The minimum absolute atomic E-state index is 0.154. The van der Waals surface area contributed by atoms with Gasteiger partial charge in [-0.3, -0.25) is 0 Å². The van der Waals surface area contributed by atoms with Crippen LogP contribution in [-0.2, 0) is 0 Å². The maximum atomic E-state index is 13.1. The average molecular weight is 301 g/mol. The lowest BCUT2D eigenvalue weighted by molar-refractivity contribution is -0.0220. The van der Waals surface area contributed by atoms with E-state index in [0.29, 0.717) is 5.56 Å². The molecule has 2 rings (SSSR count). The molecule has 1 aliphatic rings. The van der Waals surface area contributed by atoms with Crippen LogP contribution in [-0.4, -0.2) is 19.0 Å². The largest absolute Gasteiger partial charge is 0.369 e. The molecule has 0 aliphatic carbocycles. The van der Waals surface area contributed by atoms with Gasteiger partial charge in [-0.15, -0.1) is 0 Å². The summed E-state index contributed by atoms with van der Waals surface area (Å²) in [5, 5.41) is 9.03. The fourth-order valence-electron chi connectivity index (χ4n) is 1.98. The number of para-hydroxylation sites is 1. The zero-order valence-corrected chi connectivity index (χ0v) is 10.7. The van der Waals surface area contributed by atoms with Crippen LogP contribution in [0.2, 0.25) is 0 Å². The molecule has 1 aromatic rings. The van der Waals surface area contributed by atoms with Crippen molar-refractivity contribution < 1.29 is 8.78 Å². The highest BCUT2D eigenvalue weighted by molar-refractivity contribution is 9.10. The van der Waals surface area contributed by atoms with Crippen LogP contribution in [0.3, 0.4) is 0 Å². The second kappa shape index (κ2) is 4.61. The molecule has 1 aromatic carbocycles. The molecule has 90 valence electrons. The average Bonchev–Trinajstić information content (AvgIpc) is 2.29. The number of anilines is 1. The summed E-state index contributed by atoms with van der Waals surface area (Å²) < 4.78 is 26.9. The van der Waals surface area contributed by atoms with Crippen LogP contribution in [0.25, 0.3) is 0 Å². The lowest BCUT2D eigenvalue weighted by atomic mass is 10.0. The van der Waals surface area contributed by atoms with Gasteiger partial charge in [-0.2, -0.15) is 5.26 Å². The van der Waals surface area contributed by atoms with Crippen molar-refractivity contribution in [1.29, 1.82) is 5.26 Å². The van der Waals surface area contributed by atoms with Gasteiger partial charge in [0.2, 0.25) is 0 Å². The number of halogens is 3. The summed E-state index contributed by atoms with van der Waals surface area (Å²) >= 11 is 3.37. The van der Waals surface area contributed by atoms with Crippen LogP contribution in [0, 0.1) is 11.3 Å². The molecule has 0 aromatic heterocycles. The van der Waals surface area contributed by atoms with Crippen molar-refractivity contribution in [3.05, 3.63) is 28.2 Å². The van der Waals surface area contributed by atoms with Crippen LogP contribution < -0.4 is 4.90 Å². The van der Waals surface area contributed by atoms with Crippen LogP contribution in [0.1, 0.15) is 18.4 Å². The van der Waals surface area contributed by atoms with E-state index in [9.17, 15) is 8.78 Å². The molecule has 0 N–H and O–H groups in total. The van der Waals surface area contributed by atoms with E-state index in [2.05, 4.69) is 22.0 Å². The van der Waals surface area contributed by atoms with Crippen LogP contribution in [0.15, 0.2) is 22.7 Å². The van der Waals surface area contributed by atoms with Crippen molar-refractivity contribution in [1.82, 2.24) is 0 Å². The van der Waals surface area contributed by atoms with E-state index in [0.717, 1.165) is 10.2 Å². The number of benzene rings is 1. The third-order valence-electron chi connectivity index (χ3n) is 2.92. The quantitative estimate of drug-likeness (QED) is 0.793. The third kappa shape index (κ3) is 2.58. The van der Waals surface area contributed by atoms with Crippen LogP contribution in [0.4, 0.5) is 14.5 Å². The minimum atomic E-state index is -2.56. The third-order valence-corrected chi connectivity index (χ3v) is 3.56. The molecule has 1 aliphatic heterocycles. The van der Waals surface area contributed by atoms with E-state index < -0.39 is 5.92 Å². The molecule has 2 nitrogen and oxygen atoms in total. The highest BCUT2D eigenvalue weighted by atomic mass is 79.9. The molecule has 5 heteroatoms. The molecule has 0 saturated carbocycles. The Labute approximate surface area is 107 Å². The van der Waals surface area contributed by atoms with Gasteiger partial charge in [0.25, 0.3) is 5.92 Å². The van der Waals surface area contributed by atoms with E-state index in [-0.39, 0.29) is 25.9 Å². The molecule has 1 heterocycles. The van der Waals surface area contributed by atoms with Gasteiger partial charge >= 0.3 is 0 Å². The smallest absolute Gasteiger partial charge is 0.251 e. The molecule has 1 saturated heterocycles. The molecule has 0 radical (unpaired) electrons. The molecule has 0 bridgehead atoms. The molecule has 0 amide bonds. The van der Waals surface area contributed by atoms with Crippen molar-refractivity contribution in [3.63, 3.8) is 0 Å². The van der Waals surface area contributed by atoms with Crippen LogP contribution >= 0.6 is 15.9 Å². The standard InChI is InChI=1S/C12H11BrF2N2/c13-10-3-1-2-9(8-16)11(10)17-6-4-12(14,15)5-7-17/h1-3H,4-7H2. The molecule has 0 spiro atoms.